The quantitative estimate of drug-likeness (QED) is 0.916. The van der Waals surface area contributed by atoms with E-state index in [1.54, 1.807) is 0 Å². The van der Waals surface area contributed by atoms with Gasteiger partial charge in [0.2, 0.25) is 0 Å². The first-order valence-electron chi connectivity index (χ1n) is 8.77. The lowest BCUT2D eigenvalue weighted by Gasteiger charge is -2.28. The summed E-state index contributed by atoms with van der Waals surface area (Å²) in [6, 6.07) is 10.5. The van der Waals surface area contributed by atoms with Crippen molar-refractivity contribution in [1.82, 2.24) is 14.8 Å². The Labute approximate surface area is 144 Å². The predicted molar refractivity (Wildman–Crippen MR) is 97.2 cm³/mol. The van der Waals surface area contributed by atoms with Gasteiger partial charge in [-0.1, -0.05) is 17.7 Å². The lowest BCUT2D eigenvalue weighted by molar-refractivity contribution is 0.0936. The molecule has 1 aromatic heterocycles. The minimum absolute atomic E-state index is 0.0194. The van der Waals surface area contributed by atoms with Gasteiger partial charge < -0.3 is 9.88 Å². The number of aryl methyl sites for hydroxylation is 3. The first-order chi connectivity index (χ1) is 11.6. The zero-order valence-electron chi connectivity index (χ0n) is 14.9. The number of hydrogen-bond donors (Lipinski definition) is 1. The number of likely N-dealkylation sites (tertiary alicyclic amines) is 1. The minimum Gasteiger partial charge on any atom is -0.353 e. The Hall–Kier alpha value is -2.07. The van der Waals surface area contributed by atoms with E-state index in [1.165, 1.54) is 24.1 Å². The van der Waals surface area contributed by atoms with Crippen molar-refractivity contribution >= 4 is 5.91 Å². The average Bonchev–Trinajstić information content (AvgIpc) is 3.20. The Kier molecular flexibility index (Phi) is 5.05. The number of aromatic nitrogens is 1. The third-order valence-electron chi connectivity index (χ3n) is 4.99. The predicted octanol–water partition coefficient (Wildman–Crippen LogP) is 3.21. The Balaban J connectivity index is 1.73. The lowest BCUT2D eigenvalue weighted by atomic mass is 10.0. The summed E-state index contributed by atoms with van der Waals surface area (Å²) in [6.07, 6.45) is 4.56. The largest absolute Gasteiger partial charge is 0.353 e. The number of carbonyl (C=O) groups is 1. The van der Waals surface area contributed by atoms with Crippen LogP contribution in [0, 0.1) is 13.8 Å². The fourth-order valence-electron chi connectivity index (χ4n) is 3.65. The van der Waals surface area contributed by atoms with E-state index in [4.69, 9.17) is 0 Å². The Morgan fingerprint density at radius 1 is 1.21 bits per heavy atom. The first kappa shape index (κ1) is 16.8. The second-order valence-electron chi connectivity index (χ2n) is 6.83. The first-order valence-corrected chi connectivity index (χ1v) is 8.77. The van der Waals surface area contributed by atoms with Gasteiger partial charge in [0.05, 0.1) is 6.04 Å². The third kappa shape index (κ3) is 3.54. The molecule has 1 fully saturated rings. The van der Waals surface area contributed by atoms with Gasteiger partial charge in [0, 0.05) is 31.0 Å². The van der Waals surface area contributed by atoms with Crippen molar-refractivity contribution in [1.29, 1.82) is 0 Å². The van der Waals surface area contributed by atoms with Crippen molar-refractivity contribution in [2.24, 2.45) is 7.05 Å². The van der Waals surface area contributed by atoms with E-state index in [0.717, 1.165) is 24.2 Å². The zero-order valence-corrected chi connectivity index (χ0v) is 14.9. The molecule has 24 heavy (non-hydrogen) atoms. The van der Waals surface area contributed by atoms with Crippen LogP contribution in [0.2, 0.25) is 0 Å². The van der Waals surface area contributed by atoms with Gasteiger partial charge in [-0.15, -0.1) is 0 Å². The van der Waals surface area contributed by atoms with E-state index in [9.17, 15) is 4.79 Å². The molecule has 1 atom stereocenters. The molecular weight excluding hydrogens is 298 g/mol. The highest BCUT2D eigenvalue weighted by atomic mass is 16.1. The maximum atomic E-state index is 12.6. The Morgan fingerprint density at radius 3 is 2.58 bits per heavy atom. The molecule has 1 amide bonds. The van der Waals surface area contributed by atoms with Crippen molar-refractivity contribution in [3.05, 3.63) is 58.9 Å². The van der Waals surface area contributed by atoms with Crippen molar-refractivity contribution in [2.75, 3.05) is 19.6 Å². The number of nitrogens with zero attached hydrogens (tertiary/aromatic N) is 2. The van der Waals surface area contributed by atoms with Gasteiger partial charge in [-0.05, 0) is 63.5 Å². The summed E-state index contributed by atoms with van der Waals surface area (Å²) in [5.74, 6) is 0.0194. The molecular formula is C20H27N3O. The molecule has 1 unspecified atom stereocenters. The van der Waals surface area contributed by atoms with Gasteiger partial charge >= 0.3 is 0 Å². The molecule has 2 heterocycles. The molecule has 0 bridgehead atoms. The average molecular weight is 325 g/mol. The zero-order chi connectivity index (χ0) is 17.1. The fourth-order valence-corrected chi connectivity index (χ4v) is 3.65. The summed E-state index contributed by atoms with van der Waals surface area (Å²) < 4.78 is 2.16. The molecule has 0 spiro atoms. The molecule has 4 nitrogen and oxygen atoms in total. The second kappa shape index (κ2) is 7.22. The molecule has 1 aliphatic heterocycles. The Bertz CT molecular complexity index is 713. The van der Waals surface area contributed by atoms with Crippen LogP contribution in [0.25, 0.3) is 0 Å². The standard InChI is InChI=1S/C20H27N3O/c1-15-8-9-17(16(2)13-15)20(24)21-14-19(23-11-4-5-12-23)18-7-6-10-22(18)3/h6-10,13,19H,4-5,11-12,14H2,1-3H3,(H,21,24). The number of nitrogens with one attached hydrogen (secondary N) is 1. The second-order valence-corrected chi connectivity index (χ2v) is 6.83. The number of hydrogen-bond acceptors (Lipinski definition) is 2. The topological polar surface area (TPSA) is 37.3 Å². The van der Waals surface area contributed by atoms with Gasteiger partial charge in [-0.25, -0.2) is 0 Å². The highest BCUT2D eigenvalue weighted by Crippen LogP contribution is 2.24. The van der Waals surface area contributed by atoms with Crippen LogP contribution in [0.3, 0.4) is 0 Å². The maximum absolute atomic E-state index is 12.6. The molecule has 1 N–H and O–H groups in total. The summed E-state index contributed by atoms with van der Waals surface area (Å²) in [5, 5.41) is 3.16. The van der Waals surface area contributed by atoms with Crippen LogP contribution < -0.4 is 5.32 Å². The summed E-state index contributed by atoms with van der Waals surface area (Å²) in [7, 11) is 2.07. The highest BCUT2D eigenvalue weighted by molar-refractivity contribution is 5.95. The molecule has 0 radical (unpaired) electrons. The highest BCUT2D eigenvalue weighted by Gasteiger charge is 2.25. The lowest BCUT2D eigenvalue weighted by Crippen LogP contribution is -2.37. The molecule has 0 aliphatic carbocycles. The van der Waals surface area contributed by atoms with Crippen molar-refractivity contribution < 1.29 is 4.79 Å². The maximum Gasteiger partial charge on any atom is 0.251 e. The Morgan fingerprint density at radius 2 is 1.96 bits per heavy atom. The van der Waals surface area contributed by atoms with Crippen molar-refractivity contribution in [3.8, 4) is 0 Å². The molecule has 2 aromatic rings. The van der Waals surface area contributed by atoms with Crippen LogP contribution in [-0.4, -0.2) is 35.0 Å². The monoisotopic (exact) mass is 325 g/mol. The van der Waals surface area contributed by atoms with Crippen LogP contribution in [0.1, 0.15) is 46.1 Å². The summed E-state index contributed by atoms with van der Waals surface area (Å²) in [5.41, 5.74) is 4.25. The van der Waals surface area contributed by atoms with E-state index in [1.807, 2.05) is 26.0 Å². The molecule has 1 aromatic carbocycles. The third-order valence-corrected chi connectivity index (χ3v) is 4.99. The fraction of sp³-hybridized carbons (Fsp3) is 0.450. The summed E-state index contributed by atoms with van der Waals surface area (Å²) in [6.45, 7) is 6.90. The number of benzene rings is 1. The van der Waals surface area contributed by atoms with Gasteiger partial charge in [0.15, 0.2) is 0 Å². The summed E-state index contributed by atoms with van der Waals surface area (Å²) >= 11 is 0. The normalized spacial score (nSPS) is 16.3. The summed E-state index contributed by atoms with van der Waals surface area (Å²) in [4.78, 5) is 15.1. The van der Waals surface area contributed by atoms with Gasteiger partial charge in [-0.3, -0.25) is 9.69 Å². The van der Waals surface area contributed by atoms with Crippen LogP contribution in [-0.2, 0) is 7.05 Å². The number of amides is 1. The van der Waals surface area contributed by atoms with Crippen molar-refractivity contribution in [3.63, 3.8) is 0 Å². The van der Waals surface area contributed by atoms with Crippen molar-refractivity contribution in [2.45, 2.75) is 32.7 Å². The molecule has 0 saturated carbocycles. The van der Waals surface area contributed by atoms with Crippen LogP contribution in [0.5, 0.6) is 0 Å². The molecule has 1 aliphatic rings. The smallest absolute Gasteiger partial charge is 0.251 e. The minimum atomic E-state index is 0.0194. The number of rotatable bonds is 5. The van der Waals surface area contributed by atoms with E-state index >= 15 is 0 Å². The van der Waals surface area contributed by atoms with E-state index in [-0.39, 0.29) is 11.9 Å². The molecule has 4 heteroatoms. The molecule has 3 rings (SSSR count). The number of carbonyl (C=O) groups excluding carboxylic acids is 1. The van der Waals surface area contributed by atoms with Gasteiger partial charge in [0.25, 0.3) is 5.91 Å². The SMILES string of the molecule is Cc1ccc(C(=O)NCC(c2cccn2C)N2CCCC2)c(C)c1. The molecule has 128 valence electrons. The molecule has 1 saturated heterocycles. The van der Waals surface area contributed by atoms with Gasteiger partial charge in [-0.2, -0.15) is 0 Å². The van der Waals surface area contributed by atoms with Crippen LogP contribution >= 0.6 is 0 Å². The van der Waals surface area contributed by atoms with E-state index in [0.29, 0.717) is 6.54 Å². The van der Waals surface area contributed by atoms with Gasteiger partial charge in [0.1, 0.15) is 0 Å². The van der Waals surface area contributed by atoms with Crippen LogP contribution in [0.15, 0.2) is 36.5 Å². The van der Waals surface area contributed by atoms with E-state index in [2.05, 4.69) is 46.2 Å². The van der Waals surface area contributed by atoms with Crippen LogP contribution in [0.4, 0.5) is 0 Å². The van der Waals surface area contributed by atoms with E-state index < -0.39 is 0 Å².